The first-order chi connectivity index (χ1) is 18.8. The van der Waals surface area contributed by atoms with E-state index in [2.05, 4.69) is 80.6 Å². The maximum Gasteiger partial charge on any atom is 0.124 e. The second kappa shape index (κ2) is 13.1. The van der Waals surface area contributed by atoms with Crippen molar-refractivity contribution < 1.29 is 0 Å². The van der Waals surface area contributed by atoms with Gasteiger partial charge in [0.1, 0.15) is 5.01 Å². The van der Waals surface area contributed by atoms with Gasteiger partial charge in [0.25, 0.3) is 0 Å². The Morgan fingerprint density at radius 2 is 1.21 bits per heavy atom. The van der Waals surface area contributed by atoms with E-state index < -0.39 is 0 Å². The van der Waals surface area contributed by atoms with Gasteiger partial charge in [-0.25, -0.2) is 4.98 Å². The normalized spacial score (nSPS) is 13.6. The molecule has 4 aromatic rings. The van der Waals surface area contributed by atoms with Gasteiger partial charge in [0, 0.05) is 11.0 Å². The number of aromatic nitrogens is 1. The minimum Gasteiger partial charge on any atom is -0.236 e. The molecule has 1 nitrogen and oxygen atoms in total. The van der Waals surface area contributed by atoms with Gasteiger partial charge < -0.3 is 0 Å². The number of fused-ring (bicyclic) bond motifs is 4. The van der Waals surface area contributed by atoms with Crippen LogP contribution in [0.5, 0.6) is 0 Å². The number of thiazole rings is 1. The van der Waals surface area contributed by atoms with Crippen molar-refractivity contribution in [3.63, 3.8) is 0 Å². The predicted molar refractivity (Wildman–Crippen MR) is 167 cm³/mol. The van der Waals surface area contributed by atoms with Crippen molar-refractivity contribution in [1.82, 2.24) is 4.98 Å². The SMILES string of the molecule is CCCCCCCCC1(CCCCCCCC)c2ccccc2-c2ccc(-c3nc4ccccc4s3)cc21. The summed E-state index contributed by atoms with van der Waals surface area (Å²) in [6.07, 6.45) is 18.8. The van der Waals surface area contributed by atoms with Crippen molar-refractivity contribution in [3.8, 4) is 21.7 Å². The summed E-state index contributed by atoms with van der Waals surface area (Å²) in [5.74, 6) is 0. The fraction of sp³-hybridized carbons (Fsp3) is 0.472. The van der Waals surface area contributed by atoms with E-state index in [-0.39, 0.29) is 5.41 Å². The molecular formula is C36H45NS. The number of unbranched alkanes of at least 4 members (excludes halogenated alkanes) is 10. The van der Waals surface area contributed by atoms with Gasteiger partial charge in [0.15, 0.2) is 0 Å². The molecule has 0 saturated carbocycles. The van der Waals surface area contributed by atoms with Gasteiger partial charge in [-0.15, -0.1) is 11.3 Å². The van der Waals surface area contributed by atoms with E-state index in [0.29, 0.717) is 0 Å². The molecule has 1 heterocycles. The van der Waals surface area contributed by atoms with Crippen LogP contribution in [0.15, 0.2) is 66.7 Å². The van der Waals surface area contributed by atoms with Gasteiger partial charge in [0.2, 0.25) is 0 Å². The lowest BCUT2D eigenvalue weighted by Gasteiger charge is -2.33. The summed E-state index contributed by atoms with van der Waals surface area (Å²) in [6, 6.07) is 25.1. The van der Waals surface area contributed by atoms with Crippen LogP contribution >= 0.6 is 11.3 Å². The van der Waals surface area contributed by atoms with Gasteiger partial charge >= 0.3 is 0 Å². The van der Waals surface area contributed by atoms with E-state index >= 15 is 0 Å². The lowest BCUT2D eigenvalue weighted by atomic mass is 9.70. The summed E-state index contributed by atoms with van der Waals surface area (Å²) in [7, 11) is 0. The van der Waals surface area contributed by atoms with Crippen LogP contribution in [0.4, 0.5) is 0 Å². The minimum atomic E-state index is 0.133. The van der Waals surface area contributed by atoms with Crippen LogP contribution in [-0.4, -0.2) is 4.98 Å². The molecule has 0 saturated heterocycles. The van der Waals surface area contributed by atoms with Crippen molar-refractivity contribution in [1.29, 1.82) is 0 Å². The van der Waals surface area contributed by atoms with Crippen molar-refractivity contribution in [3.05, 3.63) is 77.9 Å². The highest BCUT2D eigenvalue weighted by atomic mass is 32.1. The first-order valence-corrected chi connectivity index (χ1v) is 16.2. The van der Waals surface area contributed by atoms with Gasteiger partial charge in [-0.2, -0.15) is 0 Å². The number of rotatable bonds is 15. The molecule has 0 unspecified atom stereocenters. The van der Waals surface area contributed by atoms with Crippen LogP contribution in [-0.2, 0) is 5.41 Å². The van der Waals surface area contributed by atoms with Crippen LogP contribution in [0.1, 0.15) is 115 Å². The summed E-state index contributed by atoms with van der Waals surface area (Å²) >= 11 is 1.83. The Hall–Kier alpha value is -2.45. The highest BCUT2D eigenvalue weighted by molar-refractivity contribution is 7.21. The number of nitrogens with zero attached hydrogens (tertiary/aromatic N) is 1. The Morgan fingerprint density at radius 1 is 0.605 bits per heavy atom. The molecule has 38 heavy (non-hydrogen) atoms. The molecular weight excluding hydrogens is 478 g/mol. The summed E-state index contributed by atoms with van der Waals surface area (Å²) in [5.41, 5.74) is 8.61. The average molecular weight is 524 g/mol. The Morgan fingerprint density at radius 3 is 1.92 bits per heavy atom. The molecule has 0 aliphatic heterocycles. The Kier molecular flexibility index (Phi) is 9.33. The highest BCUT2D eigenvalue weighted by Gasteiger charge is 2.42. The fourth-order valence-electron chi connectivity index (χ4n) is 6.66. The zero-order valence-electron chi connectivity index (χ0n) is 23.6. The lowest BCUT2D eigenvalue weighted by Crippen LogP contribution is -2.25. The monoisotopic (exact) mass is 523 g/mol. The van der Waals surface area contributed by atoms with Gasteiger partial charge in [-0.3, -0.25) is 0 Å². The number of hydrogen-bond acceptors (Lipinski definition) is 2. The van der Waals surface area contributed by atoms with Crippen LogP contribution < -0.4 is 0 Å². The van der Waals surface area contributed by atoms with Crippen molar-refractivity contribution in [2.75, 3.05) is 0 Å². The molecule has 0 N–H and O–H groups in total. The van der Waals surface area contributed by atoms with Crippen LogP contribution in [0.2, 0.25) is 0 Å². The summed E-state index contributed by atoms with van der Waals surface area (Å²) in [5, 5.41) is 1.15. The molecule has 3 aromatic carbocycles. The molecule has 2 heteroatoms. The van der Waals surface area contributed by atoms with Crippen LogP contribution in [0.3, 0.4) is 0 Å². The summed E-state index contributed by atoms with van der Waals surface area (Å²) in [4.78, 5) is 5.03. The standard InChI is InChI=1S/C36H45NS/c1-3-5-7-9-11-17-25-36(26-18-12-10-8-6-4-2)31-20-14-13-19-29(31)30-24-23-28(27-32(30)36)35-37-33-21-15-16-22-34(33)38-35/h13-16,19-24,27H,3-12,17-18,25-26H2,1-2H3. The highest BCUT2D eigenvalue weighted by Crippen LogP contribution is 2.55. The van der Waals surface area contributed by atoms with E-state index in [1.807, 2.05) is 11.3 Å². The molecule has 5 rings (SSSR count). The molecule has 1 aliphatic carbocycles. The predicted octanol–water partition coefficient (Wildman–Crippen LogP) is 11.7. The lowest BCUT2D eigenvalue weighted by molar-refractivity contribution is 0.398. The van der Waals surface area contributed by atoms with E-state index in [1.165, 1.54) is 111 Å². The second-order valence-electron chi connectivity index (χ2n) is 11.4. The molecule has 200 valence electrons. The molecule has 0 fully saturated rings. The third kappa shape index (κ3) is 5.76. The van der Waals surface area contributed by atoms with Gasteiger partial charge in [-0.1, -0.05) is 139 Å². The Bertz CT molecular complexity index is 1270. The van der Waals surface area contributed by atoms with E-state index in [1.54, 1.807) is 11.1 Å². The number of para-hydroxylation sites is 1. The Labute approximate surface area is 234 Å². The molecule has 1 aliphatic rings. The molecule has 0 radical (unpaired) electrons. The van der Waals surface area contributed by atoms with E-state index in [9.17, 15) is 0 Å². The number of benzene rings is 3. The summed E-state index contributed by atoms with van der Waals surface area (Å²) in [6.45, 7) is 4.62. The molecule has 0 bridgehead atoms. The largest absolute Gasteiger partial charge is 0.236 e. The first kappa shape index (κ1) is 27.1. The maximum absolute atomic E-state index is 5.03. The fourth-order valence-corrected chi connectivity index (χ4v) is 7.62. The molecule has 1 aromatic heterocycles. The van der Waals surface area contributed by atoms with E-state index in [4.69, 9.17) is 4.98 Å². The average Bonchev–Trinajstić information content (AvgIpc) is 3.50. The minimum absolute atomic E-state index is 0.133. The first-order valence-electron chi connectivity index (χ1n) is 15.4. The second-order valence-corrected chi connectivity index (χ2v) is 12.4. The van der Waals surface area contributed by atoms with Gasteiger partial charge in [-0.05, 0) is 53.3 Å². The van der Waals surface area contributed by atoms with Gasteiger partial charge in [0.05, 0.1) is 10.2 Å². The van der Waals surface area contributed by atoms with Crippen molar-refractivity contribution >= 4 is 21.6 Å². The third-order valence-corrected chi connectivity index (χ3v) is 9.81. The van der Waals surface area contributed by atoms with Crippen molar-refractivity contribution in [2.45, 2.75) is 109 Å². The zero-order valence-corrected chi connectivity index (χ0v) is 24.4. The Balaban J connectivity index is 1.48. The third-order valence-electron chi connectivity index (χ3n) is 8.72. The molecule has 0 spiro atoms. The quantitative estimate of drug-likeness (QED) is 0.141. The van der Waals surface area contributed by atoms with E-state index in [0.717, 1.165) is 10.5 Å². The maximum atomic E-state index is 5.03. The topological polar surface area (TPSA) is 12.9 Å². The number of hydrogen-bond donors (Lipinski definition) is 0. The molecule has 0 amide bonds. The molecule has 0 atom stereocenters. The smallest absolute Gasteiger partial charge is 0.124 e. The van der Waals surface area contributed by atoms with Crippen molar-refractivity contribution in [2.24, 2.45) is 0 Å². The zero-order chi connectivity index (χ0) is 26.2. The summed E-state index contributed by atoms with van der Waals surface area (Å²) < 4.78 is 1.27. The van der Waals surface area contributed by atoms with Crippen LogP contribution in [0.25, 0.3) is 31.9 Å². The van der Waals surface area contributed by atoms with Crippen LogP contribution in [0, 0.1) is 0 Å².